The molecule has 1 aromatic heterocycles. The summed E-state index contributed by atoms with van der Waals surface area (Å²) >= 11 is 5.64. The number of hydrogen-bond acceptors (Lipinski definition) is 4. The van der Waals surface area contributed by atoms with Crippen molar-refractivity contribution < 1.29 is 4.74 Å². The van der Waals surface area contributed by atoms with E-state index in [1.807, 2.05) is 12.1 Å². The van der Waals surface area contributed by atoms with Crippen LogP contribution >= 0.6 is 11.6 Å². The Kier molecular flexibility index (Phi) is 5.01. The van der Waals surface area contributed by atoms with Crippen LogP contribution in [0, 0.1) is 0 Å². The molecule has 1 aliphatic heterocycles. The summed E-state index contributed by atoms with van der Waals surface area (Å²) in [5, 5.41) is 7.90. The highest BCUT2D eigenvalue weighted by Crippen LogP contribution is 2.09. The van der Waals surface area contributed by atoms with E-state index < -0.39 is 0 Å². The van der Waals surface area contributed by atoms with Gasteiger partial charge in [-0.15, -0.1) is 16.7 Å². The minimum absolute atomic E-state index is 0.390. The summed E-state index contributed by atoms with van der Waals surface area (Å²) in [5.74, 6) is 0.969. The van der Waals surface area contributed by atoms with Gasteiger partial charge < -0.3 is 4.74 Å². The number of likely N-dealkylation sites (tertiary alicyclic amines) is 1. The first-order valence-electron chi connectivity index (χ1n) is 6.12. The lowest BCUT2D eigenvalue weighted by Gasteiger charge is -2.25. The van der Waals surface area contributed by atoms with Gasteiger partial charge in [-0.05, 0) is 32.0 Å². The summed E-state index contributed by atoms with van der Waals surface area (Å²) in [5.41, 5.74) is 0.773. The van der Waals surface area contributed by atoms with Gasteiger partial charge >= 0.3 is 0 Å². The number of ether oxygens (including phenoxy) is 1. The maximum Gasteiger partial charge on any atom is 0.233 e. The van der Waals surface area contributed by atoms with Crippen LogP contribution in [0.2, 0.25) is 0 Å². The number of aromatic nitrogens is 2. The molecular formula is C12H18ClN3O. The lowest BCUT2D eigenvalue weighted by atomic mass is 10.1. The third-order valence-electron chi connectivity index (χ3n) is 2.94. The van der Waals surface area contributed by atoms with Crippen LogP contribution in [0.4, 0.5) is 0 Å². The Morgan fingerprint density at radius 2 is 2.00 bits per heavy atom. The highest BCUT2D eigenvalue weighted by atomic mass is 35.5. The van der Waals surface area contributed by atoms with E-state index >= 15 is 0 Å². The van der Waals surface area contributed by atoms with Crippen molar-refractivity contribution in [1.82, 2.24) is 15.1 Å². The minimum Gasteiger partial charge on any atom is -0.475 e. The maximum absolute atomic E-state index is 5.64. The van der Waals surface area contributed by atoms with E-state index in [0.717, 1.165) is 12.2 Å². The first kappa shape index (κ1) is 12.6. The fourth-order valence-electron chi connectivity index (χ4n) is 1.96. The number of nitrogens with zero attached hydrogens (tertiary/aromatic N) is 3. The number of halogens is 1. The van der Waals surface area contributed by atoms with E-state index in [4.69, 9.17) is 16.3 Å². The smallest absolute Gasteiger partial charge is 0.233 e. The third kappa shape index (κ3) is 4.13. The molecule has 2 heterocycles. The van der Waals surface area contributed by atoms with Gasteiger partial charge in [0.05, 0.1) is 11.6 Å². The van der Waals surface area contributed by atoms with Gasteiger partial charge in [0.2, 0.25) is 5.88 Å². The quantitative estimate of drug-likeness (QED) is 0.755. The van der Waals surface area contributed by atoms with Crippen LogP contribution in [0.3, 0.4) is 0 Å². The summed E-state index contributed by atoms with van der Waals surface area (Å²) in [6, 6.07) is 3.66. The molecule has 5 heteroatoms. The fourth-order valence-corrected chi connectivity index (χ4v) is 2.10. The highest BCUT2D eigenvalue weighted by Gasteiger charge is 2.09. The van der Waals surface area contributed by atoms with E-state index in [9.17, 15) is 0 Å². The van der Waals surface area contributed by atoms with E-state index in [1.54, 1.807) is 0 Å². The largest absolute Gasteiger partial charge is 0.475 e. The molecule has 17 heavy (non-hydrogen) atoms. The molecule has 0 radical (unpaired) electrons. The predicted molar refractivity (Wildman–Crippen MR) is 67.4 cm³/mol. The van der Waals surface area contributed by atoms with E-state index in [2.05, 4.69) is 15.1 Å². The topological polar surface area (TPSA) is 38.2 Å². The molecule has 0 amide bonds. The molecule has 1 saturated heterocycles. The molecule has 1 aromatic rings. The first-order valence-corrected chi connectivity index (χ1v) is 6.65. The second kappa shape index (κ2) is 6.77. The zero-order chi connectivity index (χ0) is 11.9. The van der Waals surface area contributed by atoms with Crippen LogP contribution < -0.4 is 4.74 Å². The SMILES string of the molecule is ClCc1ccc(OCCN2CCCCC2)nn1. The van der Waals surface area contributed by atoms with Crippen molar-refractivity contribution in [3.8, 4) is 5.88 Å². The van der Waals surface area contributed by atoms with Crippen LogP contribution in [-0.4, -0.2) is 41.3 Å². The van der Waals surface area contributed by atoms with Crippen molar-refractivity contribution in [3.05, 3.63) is 17.8 Å². The average molecular weight is 256 g/mol. The Hall–Kier alpha value is -0.870. The summed E-state index contributed by atoms with van der Waals surface area (Å²) in [6.45, 7) is 4.04. The van der Waals surface area contributed by atoms with E-state index in [1.165, 1.54) is 32.4 Å². The molecule has 0 aromatic carbocycles. The molecule has 0 aliphatic carbocycles. The van der Waals surface area contributed by atoms with E-state index in [0.29, 0.717) is 18.4 Å². The maximum atomic E-state index is 5.64. The molecule has 0 atom stereocenters. The van der Waals surface area contributed by atoms with Crippen LogP contribution in [0.25, 0.3) is 0 Å². The molecule has 0 saturated carbocycles. The van der Waals surface area contributed by atoms with Gasteiger partial charge in [0.1, 0.15) is 6.61 Å². The van der Waals surface area contributed by atoms with Crippen molar-refractivity contribution in [1.29, 1.82) is 0 Å². The second-order valence-corrected chi connectivity index (χ2v) is 4.51. The highest BCUT2D eigenvalue weighted by molar-refractivity contribution is 6.16. The van der Waals surface area contributed by atoms with Gasteiger partial charge in [0.15, 0.2) is 0 Å². The van der Waals surface area contributed by atoms with Crippen LogP contribution in [0.15, 0.2) is 12.1 Å². The summed E-state index contributed by atoms with van der Waals surface area (Å²) in [6.07, 6.45) is 3.98. The van der Waals surface area contributed by atoms with Gasteiger partial charge in [-0.25, -0.2) is 0 Å². The van der Waals surface area contributed by atoms with Crippen LogP contribution in [0.1, 0.15) is 25.0 Å². The summed E-state index contributed by atoms with van der Waals surface area (Å²) < 4.78 is 5.55. The van der Waals surface area contributed by atoms with Gasteiger partial charge in [0, 0.05) is 12.6 Å². The van der Waals surface area contributed by atoms with Crippen LogP contribution in [-0.2, 0) is 5.88 Å². The number of alkyl halides is 1. The normalized spacial score (nSPS) is 17.0. The van der Waals surface area contributed by atoms with Crippen molar-refractivity contribution in [2.24, 2.45) is 0 Å². The zero-order valence-corrected chi connectivity index (χ0v) is 10.7. The van der Waals surface area contributed by atoms with Crippen molar-refractivity contribution in [3.63, 3.8) is 0 Å². The minimum atomic E-state index is 0.390. The van der Waals surface area contributed by atoms with Gasteiger partial charge in [-0.3, -0.25) is 4.90 Å². The lowest BCUT2D eigenvalue weighted by molar-refractivity contribution is 0.180. The molecule has 2 rings (SSSR count). The first-order chi connectivity index (χ1) is 8.38. The van der Waals surface area contributed by atoms with Gasteiger partial charge in [0.25, 0.3) is 0 Å². The van der Waals surface area contributed by atoms with Crippen molar-refractivity contribution >= 4 is 11.6 Å². The Morgan fingerprint density at radius 1 is 1.18 bits per heavy atom. The molecule has 0 bridgehead atoms. The summed E-state index contributed by atoms with van der Waals surface area (Å²) in [4.78, 5) is 2.43. The van der Waals surface area contributed by atoms with Crippen molar-refractivity contribution in [2.45, 2.75) is 25.1 Å². The monoisotopic (exact) mass is 255 g/mol. The molecule has 0 unspecified atom stereocenters. The van der Waals surface area contributed by atoms with E-state index in [-0.39, 0.29) is 0 Å². The molecule has 0 N–H and O–H groups in total. The number of piperidine rings is 1. The van der Waals surface area contributed by atoms with Crippen LogP contribution in [0.5, 0.6) is 5.88 Å². The molecule has 1 fully saturated rings. The number of hydrogen-bond donors (Lipinski definition) is 0. The van der Waals surface area contributed by atoms with Gasteiger partial charge in [-0.2, -0.15) is 5.10 Å². The molecule has 94 valence electrons. The Balaban J connectivity index is 1.69. The predicted octanol–water partition coefficient (Wildman–Crippen LogP) is 2.08. The Morgan fingerprint density at radius 3 is 2.65 bits per heavy atom. The fraction of sp³-hybridized carbons (Fsp3) is 0.667. The zero-order valence-electron chi connectivity index (χ0n) is 9.94. The standard InChI is InChI=1S/C12H18ClN3O/c13-10-11-4-5-12(15-14-11)17-9-8-16-6-2-1-3-7-16/h4-5H,1-3,6-10H2. The molecular weight excluding hydrogens is 238 g/mol. The average Bonchev–Trinajstić information content (AvgIpc) is 2.41. The molecule has 0 spiro atoms. The second-order valence-electron chi connectivity index (χ2n) is 4.25. The van der Waals surface area contributed by atoms with Gasteiger partial charge in [-0.1, -0.05) is 6.42 Å². The summed E-state index contributed by atoms with van der Waals surface area (Å²) in [7, 11) is 0. The molecule has 1 aliphatic rings. The molecule has 4 nitrogen and oxygen atoms in total. The third-order valence-corrected chi connectivity index (χ3v) is 3.21. The van der Waals surface area contributed by atoms with Crippen molar-refractivity contribution in [2.75, 3.05) is 26.2 Å². The number of rotatable bonds is 5. The Labute approximate surface area is 107 Å². The lowest BCUT2D eigenvalue weighted by Crippen LogP contribution is -2.33. The Bertz CT molecular complexity index is 325.